The number of hydrogen-bond acceptors (Lipinski definition) is 2. The van der Waals surface area contributed by atoms with Crippen LogP contribution < -0.4 is 5.73 Å². The number of aromatic nitrogens is 2. The minimum Gasteiger partial charge on any atom is -0.393 e. The first-order valence-corrected chi connectivity index (χ1v) is 7.39. The predicted octanol–water partition coefficient (Wildman–Crippen LogP) is 3.78. The first-order valence-electron chi connectivity index (χ1n) is 6.19. The zero-order valence-electron chi connectivity index (χ0n) is 11.6. The fourth-order valence-corrected chi connectivity index (χ4v) is 2.59. The summed E-state index contributed by atoms with van der Waals surface area (Å²) in [6, 6.07) is 3.99. The van der Waals surface area contributed by atoms with Crippen molar-refractivity contribution in [3.63, 3.8) is 0 Å². The third-order valence-electron chi connectivity index (χ3n) is 3.17. The Kier molecular flexibility index (Phi) is 3.71. The monoisotopic (exact) mass is 339 g/mol. The fraction of sp³-hybridized carbons (Fsp3) is 0.429. The van der Waals surface area contributed by atoms with Crippen molar-refractivity contribution >= 4 is 38.8 Å². The summed E-state index contributed by atoms with van der Waals surface area (Å²) in [5.41, 5.74) is 8.85. The van der Waals surface area contributed by atoms with E-state index < -0.39 is 0 Å². The Morgan fingerprint density at radius 2 is 2.05 bits per heavy atom. The largest absolute Gasteiger partial charge is 0.393 e. The van der Waals surface area contributed by atoms with Gasteiger partial charge in [0.25, 0.3) is 0 Å². The van der Waals surface area contributed by atoms with Crippen molar-refractivity contribution in [1.82, 2.24) is 9.38 Å². The van der Waals surface area contributed by atoms with Gasteiger partial charge in [-0.1, -0.05) is 39.9 Å². The van der Waals surface area contributed by atoms with Crippen molar-refractivity contribution in [2.75, 3.05) is 0 Å². The lowest BCUT2D eigenvalue weighted by Crippen LogP contribution is -2.23. The fourth-order valence-electron chi connectivity index (χ4n) is 2.14. The van der Waals surface area contributed by atoms with Gasteiger partial charge >= 0.3 is 0 Å². The molecule has 0 aliphatic carbocycles. The Morgan fingerprint density at radius 3 is 2.58 bits per heavy atom. The van der Waals surface area contributed by atoms with Gasteiger partial charge in [-0.2, -0.15) is 0 Å². The molecule has 3 nitrogen and oxygen atoms in total. The van der Waals surface area contributed by atoms with E-state index in [0.29, 0.717) is 4.99 Å². The molecule has 2 aromatic heterocycles. The average Bonchev–Trinajstić information content (AvgIpc) is 2.65. The molecule has 102 valence electrons. The second-order valence-electron chi connectivity index (χ2n) is 5.80. The van der Waals surface area contributed by atoms with Gasteiger partial charge in [-0.3, -0.25) is 0 Å². The molecule has 0 aliphatic heterocycles. The SMILES string of the molecule is CC(C(N)=S)c1c(C(C)(C)C)nc2ccc(Br)cn12. The molecule has 2 aromatic rings. The number of halogens is 1. The number of fused-ring (bicyclic) bond motifs is 1. The quantitative estimate of drug-likeness (QED) is 0.846. The summed E-state index contributed by atoms with van der Waals surface area (Å²) in [5, 5.41) is 0. The molecule has 2 heterocycles. The molecule has 0 aromatic carbocycles. The van der Waals surface area contributed by atoms with Gasteiger partial charge in [0, 0.05) is 22.0 Å². The van der Waals surface area contributed by atoms with E-state index in [1.54, 1.807) is 0 Å². The first kappa shape index (κ1) is 14.5. The Labute approximate surface area is 127 Å². The second-order valence-corrected chi connectivity index (χ2v) is 7.18. The van der Waals surface area contributed by atoms with Crippen molar-refractivity contribution in [3.8, 4) is 0 Å². The molecule has 1 atom stereocenters. The molecule has 0 saturated carbocycles. The van der Waals surface area contributed by atoms with Crippen LogP contribution in [0.1, 0.15) is 45.0 Å². The highest BCUT2D eigenvalue weighted by Crippen LogP contribution is 2.32. The molecule has 0 spiro atoms. The molecule has 0 radical (unpaired) electrons. The molecule has 0 amide bonds. The summed E-state index contributed by atoms with van der Waals surface area (Å²) in [6.45, 7) is 8.49. The minimum absolute atomic E-state index is 0.00600. The Morgan fingerprint density at radius 1 is 1.42 bits per heavy atom. The smallest absolute Gasteiger partial charge is 0.137 e. The molecule has 2 rings (SSSR count). The van der Waals surface area contributed by atoms with E-state index in [2.05, 4.69) is 41.1 Å². The number of imidazole rings is 1. The van der Waals surface area contributed by atoms with Gasteiger partial charge in [-0.15, -0.1) is 0 Å². The summed E-state index contributed by atoms with van der Waals surface area (Å²) in [5.74, 6) is -0.00600. The molecular formula is C14H18BrN3S. The summed E-state index contributed by atoms with van der Waals surface area (Å²) >= 11 is 8.67. The molecule has 0 aliphatic rings. The zero-order chi connectivity index (χ0) is 14.4. The van der Waals surface area contributed by atoms with Gasteiger partial charge in [0.05, 0.1) is 16.4 Å². The highest BCUT2D eigenvalue weighted by atomic mass is 79.9. The van der Waals surface area contributed by atoms with Gasteiger partial charge in [0.1, 0.15) is 5.65 Å². The maximum Gasteiger partial charge on any atom is 0.137 e. The maximum atomic E-state index is 5.85. The number of hydrogen-bond donors (Lipinski definition) is 1. The van der Waals surface area contributed by atoms with Crippen LogP contribution in [-0.2, 0) is 5.41 Å². The van der Waals surface area contributed by atoms with Crippen molar-refractivity contribution in [2.45, 2.75) is 39.0 Å². The molecule has 0 bridgehead atoms. The molecule has 0 fully saturated rings. The van der Waals surface area contributed by atoms with Crippen LogP contribution in [0.15, 0.2) is 22.8 Å². The van der Waals surface area contributed by atoms with E-state index >= 15 is 0 Å². The Balaban J connectivity index is 2.81. The lowest BCUT2D eigenvalue weighted by molar-refractivity contribution is 0.563. The first-order chi connectivity index (χ1) is 8.71. The summed E-state index contributed by atoms with van der Waals surface area (Å²) in [7, 11) is 0. The summed E-state index contributed by atoms with van der Waals surface area (Å²) in [4.78, 5) is 5.25. The van der Waals surface area contributed by atoms with Crippen LogP contribution in [0.5, 0.6) is 0 Å². The van der Waals surface area contributed by atoms with Crippen LogP contribution in [0, 0.1) is 0 Å². The van der Waals surface area contributed by atoms with Crippen molar-refractivity contribution in [1.29, 1.82) is 0 Å². The van der Waals surface area contributed by atoms with Gasteiger partial charge in [0.15, 0.2) is 0 Å². The number of thiocarbonyl (C=S) groups is 1. The molecule has 2 N–H and O–H groups in total. The summed E-state index contributed by atoms with van der Waals surface area (Å²) in [6.07, 6.45) is 2.02. The second kappa shape index (κ2) is 4.87. The van der Waals surface area contributed by atoms with Crippen LogP contribution in [0.2, 0.25) is 0 Å². The van der Waals surface area contributed by atoms with E-state index in [4.69, 9.17) is 22.9 Å². The van der Waals surface area contributed by atoms with Crippen molar-refractivity contribution in [2.24, 2.45) is 5.73 Å². The minimum atomic E-state index is -0.0487. The average molecular weight is 340 g/mol. The lowest BCUT2D eigenvalue weighted by Gasteiger charge is -2.20. The van der Waals surface area contributed by atoms with E-state index in [-0.39, 0.29) is 11.3 Å². The molecular weight excluding hydrogens is 322 g/mol. The third-order valence-corrected chi connectivity index (χ3v) is 3.99. The van der Waals surface area contributed by atoms with Gasteiger partial charge < -0.3 is 10.1 Å². The number of pyridine rings is 1. The zero-order valence-corrected chi connectivity index (χ0v) is 14.0. The van der Waals surface area contributed by atoms with Gasteiger partial charge in [-0.05, 0) is 28.1 Å². The van der Waals surface area contributed by atoms with Crippen molar-refractivity contribution in [3.05, 3.63) is 34.2 Å². The maximum absolute atomic E-state index is 5.85. The normalized spacial score (nSPS) is 13.7. The van der Waals surface area contributed by atoms with Crippen LogP contribution in [0.3, 0.4) is 0 Å². The highest BCUT2D eigenvalue weighted by molar-refractivity contribution is 9.10. The number of rotatable bonds is 2. The van der Waals surface area contributed by atoms with E-state index in [9.17, 15) is 0 Å². The highest BCUT2D eigenvalue weighted by Gasteiger charge is 2.27. The standard InChI is InChI=1S/C14H18BrN3S/c1-8(13(16)19)11-12(14(2,3)4)17-10-6-5-9(15)7-18(10)11/h5-8H,1-4H3,(H2,16,19). The number of nitrogens with two attached hydrogens (primary N) is 1. The van der Waals surface area contributed by atoms with E-state index in [1.807, 2.05) is 25.3 Å². The van der Waals surface area contributed by atoms with Gasteiger partial charge in [-0.25, -0.2) is 4.98 Å². The van der Waals surface area contributed by atoms with Gasteiger partial charge in [0.2, 0.25) is 0 Å². The van der Waals surface area contributed by atoms with Crippen LogP contribution in [-0.4, -0.2) is 14.4 Å². The van der Waals surface area contributed by atoms with E-state index in [1.165, 1.54) is 0 Å². The molecule has 5 heteroatoms. The number of nitrogens with zero attached hydrogens (tertiary/aromatic N) is 2. The third kappa shape index (κ3) is 2.67. The molecule has 0 saturated heterocycles. The van der Waals surface area contributed by atoms with E-state index in [0.717, 1.165) is 21.5 Å². The molecule has 19 heavy (non-hydrogen) atoms. The van der Waals surface area contributed by atoms with Crippen LogP contribution in [0.4, 0.5) is 0 Å². The Hall–Kier alpha value is -0.940. The topological polar surface area (TPSA) is 43.3 Å². The predicted molar refractivity (Wildman–Crippen MR) is 86.8 cm³/mol. The molecule has 1 unspecified atom stereocenters. The Bertz CT molecular complexity index is 640. The van der Waals surface area contributed by atoms with Crippen LogP contribution >= 0.6 is 28.1 Å². The lowest BCUT2D eigenvalue weighted by atomic mass is 9.87. The van der Waals surface area contributed by atoms with Crippen LogP contribution in [0.25, 0.3) is 5.65 Å². The summed E-state index contributed by atoms with van der Waals surface area (Å²) < 4.78 is 3.09. The van der Waals surface area contributed by atoms with Crippen molar-refractivity contribution < 1.29 is 0 Å².